The van der Waals surface area contributed by atoms with Gasteiger partial charge in [-0.1, -0.05) is 6.07 Å². The summed E-state index contributed by atoms with van der Waals surface area (Å²) < 4.78 is 69.8. The number of ether oxygens (including phenoxy) is 1. The Morgan fingerprint density at radius 1 is 1.08 bits per heavy atom. The highest BCUT2D eigenvalue weighted by atomic mass is 19.4. The molecule has 26 heavy (non-hydrogen) atoms. The first-order valence-electron chi connectivity index (χ1n) is 8.23. The SMILES string of the molecule is CC(C)(C=C(F)B1OC(C)(C)C(C)(C)O1)Oc1cccc(C(F)(F)F)c1. The maximum atomic E-state index is 14.6. The molecule has 0 bridgehead atoms. The normalized spacial score (nSPS) is 20.4. The monoisotopic (exact) mass is 374 g/mol. The van der Waals surface area contributed by atoms with Crippen LogP contribution in [0.5, 0.6) is 5.75 Å². The van der Waals surface area contributed by atoms with Crippen molar-refractivity contribution in [2.75, 3.05) is 0 Å². The first-order chi connectivity index (χ1) is 11.6. The molecule has 0 atom stereocenters. The lowest BCUT2D eigenvalue weighted by Crippen LogP contribution is -2.41. The number of hydrogen-bond donors (Lipinski definition) is 0. The average molecular weight is 374 g/mol. The topological polar surface area (TPSA) is 27.7 Å². The van der Waals surface area contributed by atoms with E-state index in [0.717, 1.165) is 18.2 Å². The molecule has 2 rings (SSSR count). The molecule has 3 nitrogen and oxygen atoms in total. The van der Waals surface area contributed by atoms with E-state index in [-0.39, 0.29) is 5.75 Å². The van der Waals surface area contributed by atoms with Gasteiger partial charge < -0.3 is 14.0 Å². The number of halogens is 4. The van der Waals surface area contributed by atoms with Gasteiger partial charge in [-0.25, -0.2) is 4.39 Å². The summed E-state index contributed by atoms with van der Waals surface area (Å²) in [7, 11) is -1.19. The van der Waals surface area contributed by atoms with Crippen LogP contribution in [0.4, 0.5) is 17.6 Å². The van der Waals surface area contributed by atoms with Crippen molar-refractivity contribution in [2.24, 2.45) is 0 Å². The van der Waals surface area contributed by atoms with Crippen LogP contribution in [0, 0.1) is 0 Å². The van der Waals surface area contributed by atoms with Crippen LogP contribution in [0.25, 0.3) is 0 Å². The van der Waals surface area contributed by atoms with Crippen LogP contribution in [0.1, 0.15) is 47.1 Å². The fraction of sp³-hybridized carbons (Fsp3) is 0.556. The van der Waals surface area contributed by atoms with Gasteiger partial charge in [-0.15, -0.1) is 0 Å². The Kier molecular flexibility index (Phi) is 5.25. The zero-order valence-electron chi connectivity index (χ0n) is 15.7. The molecule has 1 aromatic carbocycles. The summed E-state index contributed by atoms with van der Waals surface area (Å²) >= 11 is 0. The molecule has 0 aliphatic carbocycles. The Hall–Kier alpha value is -1.54. The lowest BCUT2D eigenvalue weighted by molar-refractivity contribution is -0.137. The average Bonchev–Trinajstić information content (AvgIpc) is 2.66. The number of hydrogen-bond acceptors (Lipinski definition) is 3. The summed E-state index contributed by atoms with van der Waals surface area (Å²) in [5.74, 6) is -0.0113. The third-order valence-corrected chi connectivity index (χ3v) is 4.51. The van der Waals surface area contributed by atoms with Gasteiger partial charge in [-0.2, -0.15) is 13.2 Å². The van der Waals surface area contributed by atoms with Crippen molar-refractivity contribution in [1.29, 1.82) is 0 Å². The summed E-state index contributed by atoms with van der Waals surface area (Å²) in [5.41, 5.74) is -4.14. The van der Waals surface area contributed by atoms with E-state index in [0.29, 0.717) is 0 Å². The Morgan fingerprint density at radius 2 is 1.62 bits per heavy atom. The molecular formula is C18H23BF4O3. The maximum absolute atomic E-state index is 14.6. The molecule has 0 aromatic heterocycles. The molecule has 8 heteroatoms. The molecule has 0 unspecified atom stereocenters. The van der Waals surface area contributed by atoms with Crippen LogP contribution < -0.4 is 4.74 Å². The van der Waals surface area contributed by atoms with Crippen molar-refractivity contribution in [1.82, 2.24) is 0 Å². The third kappa shape index (κ3) is 4.59. The Balaban J connectivity index is 2.17. The molecule has 1 aliphatic rings. The van der Waals surface area contributed by atoms with Crippen LogP contribution >= 0.6 is 0 Å². The smallest absolute Gasteiger partial charge is 0.484 e. The van der Waals surface area contributed by atoms with E-state index in [4.69, 9.17) is 14.0 Å². The van der Waals surface area contributed by atoms with Gasteiger partial charge in [0.05, 0.1) is 16.8 Å². The number of rotatable bonds is 4. The lowest BCUT2D eigenvalue weighted by atomic mass is 9.85. The summed E-state index contributed by atoms with van der Waals surface area (Å²) in [6, 6.07) is 4.45. The first kappa shape index (κ1) is 20.8. The van der Waals surface area contributed by atoms with E-state index in [9.17, 15) is 17.6 Å². The highest BCUT2D eigenvalue weighted by molar-refractivity contribution is 6.53. The second kappa shape index (κ2) is 6.57. The van der Waals surface area contributed by atoms with E-state index in [1.54, 1.807) is 27.7 Å². The van der Waals surface area contributed by atoms with Crippen molar-refractivity contribution in [2.45, 2.75) is 64.5 Å². The van der Waals surface area contributed by atoms with Crippen LogP contribution in [-0.2, 0) is 15.5 Å². The van der Waals surface area contributed by atoms with E-state index in [1.807, 2.05) is 0 Å². The number of alkyl halides is 3. The van der Waals surface area contributed by atoms with Gasteiger partial charge >= 0.3 is 13.3 Å². The molecule has 144 valence electrons. The summed E-state index contributed by atoms with van der Waals surface area (Å²) in [6.45, 7) is 10.3. The summed E-state index contributed by atoms with van der Waals surface area (Å²) in [4.78, 5) is 0. The standard InChI is InChI=1S/C18H23BF4O3/c1-15(2,24-13-9-7-8-12(10-13)18(21,22)23)11-14(20)19-25-16(3,4)17(5,6)26-19/h7-11H,1-6H3. The second-order valence-corrected chi connectivity index (χ2v) is 7.85. The van der Waals surface area contributed by atoms with Gasteiger partial charge in [0.1, 0.15) is 17.1 Å². The molecule has 1 heterocycles. The van der Waals surface area contributed by atoms with Crippen LogP contribution in [0.15, 0.2) is 36.1 Å². The molecule has 0 N–H and O–H groups in total. The minimum absolute atomic E-state index is 0.0113. The van der Waals surface area contributed by atoms with Gasteiger partial charge in [0.2, 0.25) is 0 Å². The van der Waals surface area contributed by atoms with Gasteiger partial charge in [0.15, 0.2) is 0 Å². The van der Waals surface area contributed by atoms with Gasteiger partial charge in [0, 0.05) is 0 Å². The molecule has 0 spiro atoms. The fourth-order valence-electron chi connectivity index (χ4n) is 2.42. The zero-order chi connectivity index (χ0) is 20.0. The van der Waals surface area contributed by atoms with Crippen LogP contribution in [-0.4, -0.2) is 23.9 Å². The first-order valence-corrected chi connectivity index (χ1v) is 8.23. The molecule has 1 aliphatic heterocycles. The molecule has 1 fully saturated rings. The third-order valence-electron chi connectivity index (χ3n) is 4.51. The van der Waals surface area contributed by atoms with Crippen molar-refractivity contribution in [3.8, 4) is 5.75 Å². The predicted octanol–water partition coefficient (Wildman–Crippen LogP) is 5.35. The molecule has 0 radical (unpaired) electrons. The quantitative estimate of drug-likeness (QED) is 0.526. The van der Waals surface area contributed by atoms with Gasteiger partial charge in [0.25, 0.3) is 0 Å². The summed E-state index contributed by atoms with van der Waals surface area (Å²) in [5, 5.41) is 0. The Morgan fingerprint density at radius 3 is 2.12 bits per heavy atom. The minimum Gasteiger partial charge on any atom is -0.484 e. The van der Waals surface area contributed by atoms with E-state index in [1.165, 1.54) is 26.0 Å². The highest BCUT2D eigenvalue weighted by Gasteiger charge is 2.53. The van der Waals surface area contributed by atoms with Gasteiger partial charge in [-0.3, -0.25) is 0 Å². The van der Waals surface area contributed by atoms with Crippen molar-refractivity contribution in [3.63, 3.8) is 0 Å². The van der Waals surface area contributed by atoms with E-state index >= 15 is 0 Å². The second-order valence-electron chi connectivity index (χ2n) is 7.85. The predicted molar refractivity (Wildman–Crippen MR) is 91.4 cm³/mol. The Labute approximate surface area is 151 Å². The lowest BCUT2D eigenvalue weighted by Gasteiger charge is -2.32. The number of benzene rings is 1. The Bertz CT molecular complexity index is 680. The molecule has 0 amide bonds. The highest BCUT2D eigenvalue weighted by Crippen LogP contribution is 2.39. The fourth-order valence-corrected chi connectivity index (χ4v) is 2.42. The van der Waals surface area contributed by atoms with Crippen molar-refractivity contribution < 1.29 is 31.6 Å². The van der Waals surface area contributed by atoms with Crippen molar-refractivity contribution in [3.05, 3.63) is 41.6 Å². The molecule has 1 aromatic rings. The maximum Gasteiger partial charge on any atom is 0.525 e. The molecule has 0 saturated carbocycles. The van der Waals surface area contributed by atoms with Gasteiger partial charge in [-0.05, 0) is 65.8 Å². The van der Waals surface area contributed by atoms with E-state index in [2.05, 4.69) is 0 Å². The van der Waals surface area contributed by atoms with E-state index < -0.39 is 41.4 Å². The van der Waals surface area contributed by atoms with Crippen molar-refractivity contribution >= 4 is 7.12 Å². The largest absolute Gasteiger partial charge is 0.525 e. The molecular weight excluding hydrogens is 351 g/mol. The van der Waals surface area contributed by atoms with Crippen LogP contribution in [0.3, 0.4) is 0 Å². The minimum atomic E-state index is -4.48. The summed E-state index contributed by atoms with van der Waals surface area (Å²) in [6.07, 6.45) is -3.33. The molecule has 1 saturated heterocycles. The van der Waals surface area contributed by atoms with Crippen LogP contribution in [0.2, 0.25) is 0 Å². The zero-order valence-corrected chi connectivity index (χ0v) is 15.7.